The van der Waals surface area contributed by atoms with Crippen molar-refractivity contribution in [3.05, 3.63) is 23.6 Å². The summed E-state index contributed by atoms with van der Waals surface area (Å²) in [5.74, 6) is -2.63. The highest BCUT2D eigenvalue weighted by atomic mass is 19.1. The van der Waals surface area contributed by atoms with Crippen LogP contribution in [0.2, 0.25) is 0 Å². The number of nitrogens with zero attached hydrogens (tertiary/aromatic N) is 1. The van der Waals surface area contributed by atoms with Crippen molar-refractivity contribution in [3.8, 4) is 5.88 Å². The van der Waals surface area contributed by atoms with Gasteiger partial charge in [-0.25, -0.2) is 14.2 Å². The first-order chi connectivity index (χ1) is 9.16. The van der Waals surface area contributed by atoms with Crippen LogP contribution in [0.15, 0.2) is 12.3 Å². The zero-order valence-corrected chi connectivity index (χ0v) is 10.6. The predicted molar refractivity (Wildman–Crippen MR) is 64.0 cm³/mol. The molecular weight excluding hydrogens is 257 g/mol. The average molecular weight is 273 g/mol. The van der Waals surface area contributed by atoms with Gasteiger partial charge in [0.15, 0.2) is 5.82 Å². The summed E-state index contributed by atoms with van der Waals surface area (Å²) in [7, 11) is 1.58. The minimum Gasteiger partial charge on any atom is -0.478 e. The Kier molecular flexibility index (Phi) is 6.76. The first-order valence-corrected chi connectivity index (χ1v) is 5.74. The Morgan fingerprint density at radius 1 is 1.37 bits per heavy atom. The van der Waals surface area contributed by atoms with Crippen LogP contribution in [0, 0.1) is 5.82 Å². The molecule has 0 fully saturated rings. The number of rotatable bonds is 9. The number of pyridine rings is 1. The average Bonchev–Trinajstić information content (AvgIpc) is 2.39. The Morgan fingerprint density at radius 2 is 2.16 bits per heavy atom. The smallest absolute Gasteiger partial charge is 0.338 e. The number of hydrogen-bond donors (Lipinski definition) is 1. The summed E-state index contributed by atoms with van der Waals surface area (Å²) in [6.07, 6.45) is 1.74. The molecule has 0 bridgehead atoms. The van der Waals surface area contributed by atoms with Gasteiger partial charge in [-0.05, 0) is 6.07 Å². The van der Waals surface area contributed by atoms with E-state index in [1.54, 1.807) is 7.11 Å². The van der Waals surface area contributed by atoms with Gasteiger partial charge in [0.25, 0.3) is 5.88 Å². The van der Waals surface area contributed by atoms with Crippen LogP contribution in [0.4, 0.5) is 4.39 Å². The fourth-order valence-electron chi connectivity index (χ4n) is 1.26. The Hall–Kier alpha value is -1.73. The first-order valence-electron chi connectivity index (χ1n) is 5.74. The zero-order chi connectivity index (χ0) is 14.1. The highest BCUT2D eigenvalue weighted by Crippen LogP contribution is 2.17. The third-order valence-corrected chi connectivity index (χ3v) is 2.19. The van der Waals surface area contributed by atoms with E-state index < -0.39 is 17.3 Å². The SMILES string of the molecule is COCCOCCCOc1nccc(C(=O)O)c1F. The molecule has 0 atom stereocenters. The molecule has 0 unspecified atom stereocenters. The molecule has 0 aliphatic heterocycles. The molecule has 0 radical (unpaired) electrons. The Bertz CT molecular complexity index is 413. The minimum atomic E-state index is -1.35. The molecule has 0 saturated carbocycles. The fourth-order valence-corrected chi connectivity index (χ4v) is 1.26. The molecule has 1 aromatic heterocycles. The van der Waals surface area contributed by atoms with Gasteiger partial charge in [-0.2, -0.15) is 0 Å². The van der Waals surface area contributed by atoms with Gasteiger partial charge < -0.3 is 19.3 Å². The Balaban J connectivity index is 2.33. The van der Waals surface area contributed by atoms with E-state index in [4.69, 9.17) is 19.3 Å². The Labute approximate surface area is 110 Å². The summed E-state index contributed by atoms with van der Waals surface area (Å²) in [5.41, 5.74) is -0.457. The number of carboxylic acid groups (broad SMARTS) is 1. The van der Waals surface area contributed by atoms with Crippen molar-refractivity contribution < 1.29 is 28.5 Å². The molecule has 0 aliphatic carbocycles. The lowest BCUT2D eigenvalue weighted by Gasteiger charge is -2.07. The van der Waals surface area contributed by atoms with E-state index in [1.165, 1.54) is 6.20 Å². The second kappa shape index (κ2) is 8.39. The molecule has 0 amide bonds. The number of methoxy groups -OCH3 is 1. The molecular formula is C12H16FNO5. The maximum atomic E-state index is 13.6. The largest absolute Gasteiger partial charge is 0.478 e. The highest BCUT2D eigenvalue weighted by molar-refractivity contribution is 5.88. The molecule has 0 saturated heterocycles. The van der Waals surface area contributed by atoms with E-state index in [1.807, 2.05) is 0 Å². The third kappa shape index (κ3) is 5.19. The number of halogens is 1. The van der Waals surface area contributed by atoms with Crippen molar-refractivity contribution in [2.75, 3.05) is 33.5 Å². The van der Waals surface area contributed by atoms with Crippen LogP contribution in [0.5, 0.6) is 5.88 Å². The molecule has 19 heavy (non-hydrogen) atoms. The van der Waals surface area contributed by atoms with Gasteiger partial charge in [-0.1, -0.05) is 0 Å². The van der Waals surface area contributed by atoms with E-state index in [0.29, 0.717) is 26.2 Å². The second-order valence-corrected chi connectivity index (χ2v) is 3.59. The van der Waals surface area contributed by atoms with Gasteiger partial charge in [0.2, 0.25) is 0 Å². The maximum Gasteiger partial charge on any atom is 0.338 e. The number of hydrogen-bond acceptors (Lipinski definition) is 5. The van der Waals surface area contributed by atoms with Gasteiger partial charge in [-0.15, -0.1) is 0 Å². The fraction of sp³-hybridized carbons (Fsp3) is 0.500. The lowest BCUT2D eigenvalue weighted by molar-refractivity contribution is 0.0636. The van der Waals surface area contributed by atoms with Crippen molar-refractivity contribution in [1.82, 2.24) is 4.98 Å². The van der Waals surface area contributed by atoms with Crippen LogP contribution in [0.3, 0.4) is 0 Å². The lowest BCUT2D eigenvalue weighted by Crippen LogP contribution is -2.09. The topological polar surface area (TPSA) is 77.9 Å². The number of ether oxygens (including phenoxy) is 3. The molecule has 0 spiro atoms. The van der Waals surface area contributed by atoms with Crippen LogP contribution in [-0.2, 0) is 9.47 Å². The molecule has 6 nitrogen and oxygen atoms in total. The predicted octanol–water partition coefficient (Wildman–Crippen LogP) is 1.35. The van der Waals surface area contributed by atoms with Gasteiger partial charge in [0.1, 0.15) is 5.56 Å². The van der Waals surface area contributed by atoms with Crippen LogP contribution >= 0.6 is 0 Å². The first kappa shape index (κ1) is 15.3. The van der Waals surface area contributed by atoms with E-state index in [-0.39, 0.29) is 12.5 Å². The zero-order valence-electron chi connectivity index (χ0n) is 10.6. The number of aromatic nitrogens is 1. The second-order valence-electron chi connectivity index (χ2n) is 3.59. The summed E-state index contributed by atoms with van der Waals surface area (Å²) in [4.78, 5) is 14.3. The quantitative estimate of drug-likeness (QED) is 0.684. The maximum absolute atomic E-state index is 13.6. The van der Waals surface area contributed by atoms with Crippen LogP contribution in [0.25, 0.3) is 0 Å². The Morgan fingerprint density at radius 3 is 2.84 bits per heavy atom. The molecule has 106 valence electrons. The van der Waals surface area contributed by atoms with E-state index >= 15 is 0 Å². The van der Waals surface area contributed by atoms with Crippen LogP contribution in [-0.4, -0.2) is 49.6 Å². The lowest BCUT2D eigenvalue weighted by atomic mass is 10.2. The summed E-state index contributed by atoms with van der Waals surface area (Å²) < 4.78 is 28.6. The van der Waals surface area contributed by atoms with E-state index in [0.717, 1.165) is 6.07 Å². The van der Waals surface area contributed by atoms with Crippen molar-refractivity contribution in [3.63, 3.8) is 0 Å². The van der Waals surface area contributed by atoms with E-state index in [9.17, 15) is 9.18 Å². The summed E-state index contributed by atoms with van der Waals surface area (Å²) >= 11 is 0. The summed E-state index contributed by atoms with van der Waals surface area (Å²) in [5, 5.41) is 8.73. The molecule has 1 rings (SSSR count). The van der Waals surface area contributed by atoms with Gasteiger partial charge >= 0.3 is 5.97 Å². The molecule has 1 N–H and O–H groups in total. The summed E-state index contributed by atoms with van der Waals surface area (Å²) in [6, 6.07) is 1.08. The minimum absolute atomic E-state index is 0.194. The standard InChI is InChI=1S/C12H16FNO5/c1-17-7-8-18-5-2-6-19-11-10(13)9(12(15)16)3-4-14-11/h3-4H,2,5-8H2,1H3,(H,15,16). The van der Waals surface area contributed by atoms with Crippen molar-refractivity contribution in [1.29, 1.82) is 0 Å². The molecule has 7 heteroatoms. The van der Waals surface area contributed by atoms with Gasteiger partial charge in [0, 0.05) is 26.3 Å². The normalized spacial score (nSPS) is 10.4. The highest BCUT2D eigenvalue weighted by Gasteiger charge is 2.15. The van der Waals surface area contributed by atoms with Gasteiger partial charge in [-0.3, -0.25) is 0 Å². The van der Waals surface area contributed by atoms with Crippen molar-refractivity contribution >= 4 is 5.97 Å². The monoisotopic (exact) mass is 273 g/mol. The van der Waals surface area contributed by atoms with Gasteiger partial charge in [0.05, 0.1) is 19.8 Å². The van der Waals surface area contributed by atoms with Crippen molar-refractivity contribution in [2.45, 2.75) is 6.42 Å². The van der Waals surface area contributed by atoms with E-state index in [2.05, 4.69) is 4.98 Å². The third-order valence-electron chi connectivity index (χ3n) is 2.19. The number of aromatic carboxylic acids is 1. The molecule has 1 aromatic rings. The number of carbonyl (C=O) groups is 1. The van der Waals surface area contributed by atoms with Crippen molar-refractivity contribution in [2.24, 2.45) is 0 Å². The number of carboxylic acids is 1. The van der Waals surface area contributed by atoms with Crippen LogP contribution < -0.4 is 4.74 Å². The molecule has 0 aliphatic rings. The van der Waals surface area contributed by atoms with Crippen LogP contribution in [0.1, 0.15) is 16.8 Å². The molecule has 0 aromatic carbocycles. The molecule has 1 heterocycles. The summed E-state index contributed by atoms with van der Waals surface area (Å²) in [6.45, 7) is 1.64.